The van der Waals surface area contributed by atoms with E-state index in [1.54, 1.807) is 0 Å². The summed E-state index contributed by atoms with van der Waals surface area (Å²) in [6, 6.07) is 4.11. The van der Waals surface area contributed by atoms with E-state index in [4.69, 9.17) is 5.84 Å². The molecule has 1 aromatic carbocycles. The van der Waals surface area contributed by atoms with Gasteiger partial charge in [-0.1, -0.05) is 25.7 Å². The summed E-state index contributed by atoms with van der Waals surface area (Å²) < 4.78 is 0. The average molecular weight is 292 g/mol. The molecule has 1 amide bonds. The summed E-state index contributed by atoms with van der Waals surface area (Å²) in [6.07, 6.45) is 6.04. The second-order valence-corrected chi connectivity index (χ2v) is 5.33. The third-order valence-electron chi connectivity index (χ3n) is 3.92. The molecule has 0 heterocycles. The van der Waals surface area contributed by atoms with Crippen molar-refractivity contribution in [2.24, 2.45) is 11.8 Å². The van der Waals surface area contributed by atoms with Gasteiger partial charge in [0.15, 0.2) is 0 Å². The lowest BCUT2D eigenvalue weighted by atomic mass is 10.0. The SMILES string of the molecule is NNc1cc(C(=O)NCCC2CCCC2)ccc1[N+](=O)[O-]. The first-order valence-electron chi connectivity index (χ1n) is 7.15. The van der Waals surface area contributed by atoms with Crippen LogP contribution in [0.3, 0.4) is 0 Å². The smallest absolute Gasteiger partial charge is 0.293 e. The lowest BCUT2D eigenvalue weighted by Gasteiger charge is -2.10. The molecule has 0 aliphatic heterocycles. The van der Waals surface area contributed by atoms with Crippen molar-refractivity contribution in [1.29, 1.82) is 0 Å². The van der Waals surface area contributed by atoms with E-state index in [0.717, 1.165) is 6.42 Å². The minimum absolute atomic E-state index is 0.128. The Labute approximate surface area is 123 Å². The maximum atomic E-state index is 12.0. The van der Waals surface area contributed by atoms with Crippen LogP contribution in [0.2, 0.25) is 0 Å². The molecule has 21 heavy (non-hydrogen) atoms. The minimum atomic E-state index is -0.545. The number of nitrogens with two attached hydrogens (primary N) is 1. The van der Waals surface area contributed by atoms with Crippen LogP contribution in [0, 0.1) is 16.0 Å². The van der Waals surface area contributed by atoms with Crippen LogP contribution < -0.4 is 16.6 Å². The van der Waals surface area contributed by atoms with Crippen molar-refractivity contribution >= 4 is 17.3 Å². The van der Waals surface area contributed by atoms with Gasteiger partial charge in [0.25, 0.3) is 11.6 Å². The van der Waals surface area contributed by atoms with Crippen LogP contribution >= 0.6 is 0 Å². The zero-order valence-electron chi connectivity index (χ0n) is 11.8. The van der Waals surface area contributed by atoms with Gasteiger partial charge in [-0.05, 0) is 24.5 Å². The fourth-order valence-corrected chi connectivity index (χ4v) is 2.74. The van der Waals surface area contributed by atoms with Crippen LogP contribution in [0.15, 0.2) is 18.2 Å². The van der Waals surface area contributed by atoms with E-state index in [9.17, 15) is 14.9 Å². The lowest BCUT2D eigenvalue weighted by Crippen LogP contribution is -2.26. The van der Waals surface area contributed by atoms with Crippen molar-refractivity contribution in [3.8, 4) is 0 Å². The Hall–Kier alpha value is -2.15. The van der Waals surface area contributed by atoms with Gasteiger partial charge < -0.3 is 10.7 Å². The first kappa shape index (κ1) is 15.2. The molecule has 0 bridgehead atoms. The molecule has 7 nitrogen and oxygen atoms in total. The number of benzene rings is 1. The number of carbonyl (C=O) groups is 1. The highest BCUT2D eigenvalue weighted by Gasteiger charge is 2.17. The van der Waals surface area contributed by atoms with Gasteiger partial charge in [0.2, 0.25) is 0 Å². The number of hydrazine groups is 1. The normalized spacial score (nSPS) is 14.9. The van der Waals surface area contributed by atoms with E-state index in [1.165, 1.54) is 43.9 Å². The maximum absolute atomic E-state index is 12.0. The number of carbonyl (C=O) groups excluding carboxylic acids is 1. The number of nitrogens with zero attached hydrogens (tertiary/aromatic N) is 1. The van der Waals surface area contributed by atoms with E-state index >= 15 is 0 Å². The van der Waals surface area contributed by atoms with Gasteiger partial charge in [0, 0.05) is 18.2 Å². The van der Waals surface area contributed by atoms with Crippen molar-refractivity contribution in [2.75, 3.05) is 12.0 Å². The van der Waals surface area contributed by atoms with Crippen molar-refractivity contribution in [2.45, 2.75) is 32.1 Å². The highest BCUT2D eigenvalue weighted by atomic mass is 16.6. The summed E-state index contributed by atoms with van der Waals surface area (Å²) in [5.41, 5.74) is 2.59. The van der Waals surface area contributed by atoms with Crippen LogP contribution in [0.25, 0.3) is 0 Å². The number of nitrogens with one attached hydrogen (secondary N) is 2. The number of hydrogen-bond donors (Lipinski definition) is 3. The molecule has 0 spiro atoms. The lowest BCUT2D eigenvalue weighted by molar-refractivity contribution is -0.384. The zero-order valence-corrected chi connectivity index (χ0v) is 11.8. The Balaban J connectivity index is 1.93. The molecule has 4 N–H and O–H groups in total. The monoisotopic (exact) mass is 292 g/mol. The summed E-state index contributed by atoms with van der Waals surface area (Å²) in [6.45, 7) is 0.631. The Bertz CT molecular complexity index is 527. The molecular formula is C14H20N4O3. The van der Waals surface area contributed by atoms with E-state index in [2.05, 4.69) is 10.7 Å². The highest BCUT2D eigenvalue weighted by Crippen LogP contribution is 2.27. The van der Waals surface area contributed by atoms with Crippen molar-refractivity contribution in [1.82, 2.24) is 5.32 Å². The number of hydrogen-bond acceptors (Lipinski definition) is 5. The highest BCUT2D eigenvalue weighted by molar-refractivity contribution is 5.95. The van der Waals surface area contributed by atoms with Crippen LogP contribution in [0.4, 0.5) is 11.4 Å². The molecule has 114 valence electrons. The predicted octanol–water partition coefficient (Wildman–Crippen LogP) is 2.19. The maximum Gasteiger partial charge on any atom is 0.293 e. The van der Waals surface area contributed by atoms with Crippen molar-refractivity contribution in [3.05, 3.63) is 33.9 Å². The Morgan fingerprint density at radius 1 is 1.38 bits per heavy atom. The number of anilines is 1. The predicted molar refractivity (Wildman–Crippen MR) is 79.8 cm³/mol. The van der Waals surface area contributed by atoms with E-state index < -0.39 is 4.92 Å². The number of nitro groups is 1. The van der Waals surface area contributed by atoms with Crippen LogP contribution in [-0.4, -0.2) is 17.4 Å². The second kappa shape index (κ2) is 7.03. The van der Waals surface area contributed by atoms with Gasteiger partial charge in [0.1, 0.15) is 5.69 Å². The summed E-state index contributed by atoms with van der Waals surface area (Å²) >= 11 is 0. The third kappa shape index (κ3) is 3.91. The molecule has 7 heteroatoms. The van der Waals surface area contributed by atoms with E-state index in [0.29, 0.717) is 18.0 Å². The van der Waals surface area contributed by atoms with Crippen LogP contribution in [0.5, 0.6) is 0 Å². The first-order chi connectivity index (χ1) is 10.1. The fourth-order valence-electron chi connectivity index (χ4n) is 2.74. The van der Waals surface area contributed by atoms with Crippen LogP contribution in [-0.2, 0) is 0 Å². The molecule has 1 aliphatic carbocycles. The number of nitrogen functional groups attached to an aromatic ring is 1. The molecular weight excluding hydrogens is 272 g/mol. The summed E-state index contributed by atoms with van der Waals surface area (Å²) in [5.74, 6) is 5.73. The zero-order chi connectivity index (χ0) is 15.2. The molecule has 1 fully saturated rings. The Morgan fingerprint density at radius 3 is 2.71 bits per heavy atom. The Morgan fingerprint density at radius 2 is 2.10 bits per heavy atom. The average Bonchev–Trinajstić information content (AvgIpc) is 2.99. The van der Waals surface area contributed by atoms with E-state index in [-0.39, 0.29) is 17.3 Å². The second-order valence-electron chi connectivity index (χ2n) is 5.33. The molecule has 0 unspecified atom stereocenters. The number of amides is 1. The molecule has 1 saturated carbocycles. The topological polar surface area (TPSA) is 110 Å². The van der Waals surface area contributed by atoms with Crippen molar-refractivity contribution in [3.63, 3.8) is 0 Å². The molecule has 0 radical (unpaired) electrons. The van der Waals surface area contributed by atoms with Gasteiger partial charge in [-0.15, -0.1) is 0 Å². The fraction of sp³-hybridized carbons (Fsp3) is 0.500. The van der Waals surface area contributed by atoms with Gasteiger partial charge in [-0.25, -0.2) is 0 Å². The molecule has 1 aromatic rings. The van der Waals surface area contributed by atoms with Gasteiger partial charge in [-0.3, -0.25) is 20.8 Å². The first-order valence-corrected chi connectivity index (χ1v) is 7.15. The van der Waals surface area contributed by atoms with Crippen molar-refractivity contribution < 1.29 is 9.72 Å². The molecule has 0 atom stereocenters. The largest absolute Gasteiger partial charge is 0.352 e. The Kier molecular flexibility index (Phi) is 5.10. The quantitative estimate of drug-likeness (QED) is 0.423. The van der Waals surface area contributed by atoms with Gasteiger partial charge in [0.05, 0.1) is 4.92 Å². The minimum Gasteiger partial charge on any atom is -0.352 e. The summed E-state index contributed by atoms with van der Waals surface area (Å²) in [5, 5.41) is 13.6. The standard InChI is InChI=1S/C14H20N4O3/c15-17-12-9-11(5-6-13(12)18(20)21)14(19)16-8-7-10-3-1-2-4-10/h5-6,9-10,17H,1-4,7-8,15H2,(H,16,19). The number of rotatable bonds is 6. The summed E-state index contributed by atoms with van der Waals surface area (Å²) in [7, 11) is 0. The molecule has 1 aliphatic rings. The third-order valence-corrected chi connectivity index (χ3v) is 3.92. The van der Waals surface area contributed by atoms with E-state index in [1.807, 2.05) is 0 Å². The molecule has 0 aromatic heterocycles. The summed E-state index contributed by atoms with van der Waals surface area (Å²) in [4.78, 5) is 22.3. The van der Waals surface area contributed by atoms with Gasteiger partial charge >= 0.3 is 0 Å². The van der Waals surface area contributed by atoms with Crippen LogP contribution in [0.1, 0.15) is 42.5 Å². The van der Waals surface area contributed by atoms with Gasteiger partial charge in [-0.2, -0.15) is 0 Å². The molecule has 2 rings (SSSR count). The molecule has 0 saturated heterocycles. The number of nitro benzene ring substituents is 1.